The third kappa shape index (κ3) is 9.52. The Bertz CT molecular complexity index is 2590. The van der Waals surface area contributed by atoms with Crippen LogP contribution in [0.3, 0.4) is 0 Å². The smallest absolute Gasteiger partial charge is 0.232 e. The normalized spacial score (nSPS) is 11.5. The van der Waals surface area contributed by atoms with Crippen molar-refractivity contribution in [3.05, 3.63) is 146 Å². The van der Waals surface area contributed by atoms with E-state index in [1.54, 1.807) is 24.3 Å². The summed E-state index contributed by atoms with van der Waals surface area (Å²) in [5.41, 5.74) is 7.89. The molecule has 6 N–H and O–H groups in total. The van der Waals surface area contributed by atoms with Crippen molar-refractivity contribution in [3.8, 4) is 0 Å². The van der Waals surface area contributed by atoms with Crippen molar-refractivity contribution in [3.63, 3.8) is 0 Å². The molecular weight excluding hydrogens is 780 g/mol. The van der Waals surface area contributed by atoms with E-state index in [1.807, 2.05) is 121 Å². The summed E-state index contributed by atoms with van der Waals surface area (Å²) in [4.78, 5) is 9.55. The highest BCUT2D eigenvalue weighted by Gasteiger charge is 2.15. The summed E-state index contributed by atoms with van der Waals surface area (Å²) < 4.78 is 56.8. The lowest BCUT2D eigenvalue weighted by Crippen LogP contribution is -2.18. The van der Waals surface area contributed by atoms with E-state index >= 15 is 0 Å². The van der Waals surface area contributed by atoms with Crippen LogP contribution in [0.2, 0.25) is 0 Å². The zero-order chi connectivity index (χ0) is 37.8. The molecule has 57 heavy (non-hydrogen) atoms. The van der Waals surface area contributed by atoms with E-state index in [9.17, 15) is 16.8 Å². The Balaban J connectivity index is 0.00000275. The van der Waals surface area contributed by atoms with Gasteiger partial charge in [-0.25, -0.2) is 26.8 Å². The van der Waals surface area contributed by atoms with Gasteiger partial charge >= 0.3 is 0 Å². The lowest BCUT2D eigenvalue weighted by atomic mass is 10.1. The van der Waals surface area contributed by atoms with Gasteiger partial charge in [0.2, 0.25) is 20.0 Å². The minimum atomic E-state index is -3.63. The fourth-order valence-corrected chi connectivity index (χ4v) is 9.07. The largest absolute Gasteiger partial charge is 0.412 e. The van der Waals surface area contributed by atoms with Crippen LogP contribution in [0.4, 0.5) is 34.1 Å². The molecule has 0 aliphatic carbocycles. The highest BCUT2D eigenvalue weighted by atomic mass is 35.5. The van der Waals surface area contributed by atoms with Gasteiger partial charge in [-0.05, 0) is 85.6 Å². The lowest BCUT2D eigenvalue weighted by molar-refractivity contribution is 0.592. The van der Waals surface area contributed by atoms with Crippen molar-refractivity contribution < 1.29 is 22.3 Å². The van der Waals surface area contributed by atoms with Gasteiger partial charge in [0, 0.05) is 44.3 Å². The van der Waals surface area contributed by atoms with Gasteiger partial charge in [-0.2, -0.15) is 0 Å². The van der Waals surface area contributed by atoms with E-state index in [0.717, 1.165) is 66.4 Å². The van der Waals surface area contributed by atoms with Crippen LogP contribution in [-0.4, -0.2) is 43.8 Å². The summed E-state index contributed by atoms with van der Waals surface area (Å²) in [6.45, 7) is 0. The summed E-state index contributed by atoms with van der Waals surface area (Å²) >= 11 is 0. The van der Waals surface area contributed by atoms with Crippen molar-refractivity contribution in [2.24, 2.45) is 0 Å². The van der Waals surface area contributed by atoms with Crippen molar-refractivity contribution in [1.29, 1.82) is 0 Å². The van der Waals surface area contributed by atoms with Gasteiger partial charge in [0.15, 0.2) is 0 Å². The number of sulfonamides is 2. The van der Waals surface area contributed by atoms with Gasteiger partial charge in [0.05, 0.1) is 44.9 Å². The summed E-state index contributed by atoms with van der Waals surface area (Å²) in [5.74, 6) is -0.238. The monoisotopic (exact) mass is 820 g/mol. The fourth-order valence-electron chi connectivity index (χ4n) is 6.70. The maximum atomic E-state index is 12.9. The number of rotatable bonds is 14. The molecule has 292 valence electrons. The molecule has 0 spiro atoms. The van der Waals surface area contributed by atoms with Crippen LogP contribution in [0.25, 0.3) is 43.6 Å². The Morgan fingerprint density at radius 3 is 0.982 bits per heavy atom. The SMILES string of the molecule is Cl.O.O=S(=O)(CCCCCS(=O)(=O)Nc1ccc(Nc2c3ccccc3nc3ccccc23)cc1)Nc1ccc(Nc2c3ccccc3nc3ccccc23)cc1. The average Bonchev–Trinajstić information content (AvgIpc) is 3.18. The quantitative estimate of drug-likeness (QED) is 0.0620. The maximum Gasteiger partial charge on any atom is 0.232 e. The first-order valence-electron chi connectivity index (χ1n) is 18.0. The Morgan fingerprint density at radius 2 is 0.667 bits per heavy atom. The summed E-state index contributed by atoms with van der Waals surface area (Å²) in [6, 6.07) is 45.9. The molecular formula is C43H41ClN6O5S2. The fraction of sp³-hybridized carbons (Fsp3) is 0.116. The standard InChI is InChI=1S/C43H38N6O4S2.ClH.H2O/c50-54(51,48-32-24-20-30(21-25-32)44-42-34-12-2-6-16-38(34)46-39-17-7-3-13-35(39)42)28-10-1-11-29-55(52,53)49-33-26-22-31(23-27-33)45-43-36-14-4-8-18-40(36)47-41-19-9-5-15-37(41)43;;/h2-9,12-27,48-49H,1,10-11,28-29H2,(H,44,46)(H,45,47);1H;1H2. The molecule has 14 heteroatoms. The number of nitrogens with zero attached hydrogens (tertiary/aromatic N) is 2. The summed E-state index contributed by atoms with van der Waals surface area (Å²) in [6.07, 6.45) is 1.09. The van der Waals surface area contributed by atoms with Crippen molar-refractivity contribution in [2.75, 3.05) is 31.6 Å². The first-order valence-corrected chi connectivity index (χ1v) is 21.3. The molecule has 2 heterocycles. The van der Waals surface area contributed by atoms with Crippen LogP contribution in [0.15, 0.2) is 146 Å². The van der Waals surface area contributed by atoms with E-state index in [4.69, 9.17) is 9.97 Å². The summed E-state index contributed by atoms with van der Waals surface area (Å²) in [5, 5.41) is 11.0. The number of pyridine rings is 2. The molecule has 8 aromatic rings. The third-order valence-corrected chi connectivity index (χ3v) is 12.1. The number of hydrogen-bond acceptors (Lipinski definition) is 8. The number of fused-ring (bicyclic) bond motifs is 4. The van der Waals surface area contributed by atoms with Crippen LogP contribution < -0.4 is 20.1 Å². The molecule has 0 atom stereocenters. The number of benzene rings is 6. The van der Waals surface area contributed by atoms with E-state index in [-0.39, 0.29) is 29.4 Å². The molecule has 2 aromatic heterocycles. The van der Waals surface area contributed by atoms with Crippen LogP contribution in [-0.2, 0) is 20.0 Å². The maximum absolute atomic E-state index is 12.9. The molecule has 0 fully saturated rings. The molecule has 0 saturated heterocycles. The van der Waals surface area contributed by atoms with E-state index < -0.39 is 20.0 Å². The van der Waals surface area contributed by atoms with E-state index in [2.05, 4.69) is 20.1 Å². The second-order valence-electron chi connectivity index (χ2n) is 13.3. The number of nitrogens with one attached hydrogen (secondary N) is 4. The van der Waals surface area contributed by atoms with Crippen LogP contribution >= 0.6 is 12.4 Å². The van der Waals surface area contributed by atoms with E-state index in [0.29, 0.717) is 30.6 Å². The molecule has 0 aliphatic rings. The molecule has 8 rings (SSSR count). The zero-order valence-electron chi connectivity index (χ0n) is 30.6. The molecule has 0 aliphatic heterocycles. The van der Waals surface area contributed by atoms with Crippen molar-refractivity contribution >= 4 is 110 Å². The predicted molar refractivity (Wildman–Crippen MR) is 237 cm³/mol. The molecule has 0 saturated carbocycles. The first kappa shape index (κ1) is 40.7. The topological polar surface area (TPSA) is 174 Å². The highest BCUT2D eigenvalue weighted by molar-refractivity contribution is 7.93. The number of hydrogen-bond donors (Lipinski definition) is 4. The minimum absolute atomic E-state index is 0. The van der Waals surface area contributed by atoms with Gasteiger partial charge in [-0.1, -0.05) is 79.2 Å². The van der Waals surface area contributed by atoms with Crippen LogP contribution in [0.1, 0.15) is 19.3 Å². The minimum Gasteiger partial charge on any atom is -0.412 e. The average molecular weight is 821 g/mol. The third-order valence-electron chi connectivity index (χ3n) is 9.36. The number of para-hydroxylation sites is 4. The second-order valence-corrected chi connectivity index (χ2v) is 17.0. The number of anilines is 6. The first-order chi connectivity index (χ1) is 26.7. The predicted octanol–water partition coefficient (Wildman–Crippen LogP) is 9.53. The summed E-state index contributed by atoms with van der Waals surface area (Å²) in [7, 11) is -7.27. The Kier molecular flexibility index (Phi) is 12.4. The molecule has 0 radical (unpaired) electrons. The molecule has 6 aromatic carbocycles. The molecule has 11 nitrogen and oxygen atoms in total. The van der Waals surface area contributed by atoms with Gasteiger partial charge in [-0.3, -0.25) is 9.44 Å². The Hall–Kier alpha value is -5.99. The van der Waals surface area contributed by atoms with Gasteiger partial charge in [0.25, 0.3) is 0 Å². The molecule has 0 unspecified atom stereocenters. The van der Waals surface area contributed by atoms with Crippen LogP contribution in [0.5, 0.6) is 0 Å². The number of halogens is 1. The van der Waals surface area contributed by atoms with Crippen LogP contribution in [0, 0.1) is 0 Å². The van der Waals surface area contributed by atoms with Gasteiger partial charge < -0.3 is 16.1 Å². The molecule has 0 amide bonds. The molecule has 0 bridgehead atoms. The highest BCUT2D eigenvalue weighted by Crippen LogP contribution is 2.35. The Morgan fingerprint density at radius 1 is 0.386 bits per heavy atom. The second kappa shape index (κ2) is 17.4. The van der Waals surface area contributed by atoms with E-state index in [1.165, 1.54) is 0 Å². The number of unbranched alkanes of at least 4 members (excludes halogenated alkanes) is 2. The van der Waals surface area contributed by atoms with Crippen molar-refractivity contribution in [1.82, 2.24) is 9.97 Å². The Labute approximate surface area is 337 Å². The van der Waals surface area contributed by atoms with Gasteiger partial charge in [-0.15, -0.1) is 12.4 Å². The zero-order valence-corrected chi connectivity index (χ0v) is 33.1. The van der Waals surface area contributed by atoms with Crippen molar-refractivity contribution in [2.45, 2.75) is 19.3 Å². The number of aromatic nitrogens is 2. The lowest BCUT2D eigenvalue weighted by Gasteiger charge is -2.14. The van der Waals surface area contributed by atoms with Gasteiger partial charge in [0.1, 0.15) is 0 Å².